The van der Waals surface area contributed by atoms with Gasteiger partial charge in [-0.05, 0) is 36.8 Å². The van der Waals surface area contributed by atoms with E-state index in [1.165, 1.54) is 43.5 Å². The number of methoxy groups -OCH3 is 1. The molecule has 0 aliphatic heterocycles. The topological polar surface area (TPSA) is 92.8 Å². The van der Waals surface area contributed by atoms with Crippen LogP contribution in [0.15, 0.2) is 42.5 Å². The fourth-order valence-corrected chi connectivity index (χ4v) is 4.17. The van der Waals surface area contributed by atoms with Crippen LogP contribution in [-0.2, 0) is 19.6 Å². The van der Waals surface area contributed by atoms with Gasteiger partial charge in [-0.2, -0.15) is 0 Å². The van der Waals surface area contributed by atoms with Crippen LogP contribution in [0.25, 0.3) is 0 Å². The molecule has 2 rings (SSSR count). The van der Waals surface area contributed by atoms with Crippen molar-refractivity contribution in [2.75, 3.05) is 23.0 Å². The van der Waals surface area contributed by atoms with Gasteiger partial charge in [0.15, 0.2) is 0 Å². The van der Waals surface area contributed by atoms with Gasteiger partial charge in [-0.25, -0.2) is 17.6 Å². The number of rotatable bonds is 7. The molecule has 156 valence electrons. The molecule has 2 aromatic carbocycles. The van der Waals surface area contributed by atoms with Crippen LogP contribution in [0.3, 0.4) is 0 Å². The van der Waals surface area contributed by atoms with Crippen molar-refractivity contribution in [1.29, 1.82) is 0 Å². The summed E-state index contributed by atoms with van der Waals surface area (Å²) in [7, 11) is -2.79. The Labute approximate surface area is 173 Å². The Morgan fingerprint density at radius 1 is 1.24 bits per heavy atom. The number of halogens is 2. The van der Waals surface area contributed by atoms with E-state index < -0.39 is 33.8 Å². The third-order valence-electron chi connectivity index (χ3n) is 4.06. The molecule has 1 amide bonds. The van der Waals surface area contributed by atoms with Crippen molar-refractivity contribution in [3.8, 4) is 0 Å². The summed E-state index contributed by atoms with van der Waals surface area (Å²) in [6.07, 6.45) is 0.970. The smallest absolute Gasteiger partial charge is 0.339 e. The highest BCUT2D eigenvalue weighted by Crippen LogP contribution is 2.27. The molecule has 1 atom stereocenters. The SMILES string of the molecule is CC[C@H](C(=O)Nc1ccc(Cl)c(C(=O)OC)c1)N(c1ccccc1F)S(C)(=O)=O. The molecule has 0 saturated carbocycles. The maximum absolute atomic E-state index is 14.3. The monoisotopic (exact) mass is 442 g/mol. The third-order valence-corrected chi connectivity index (χ3v) is 5.55. The number of esters is 1. The van der Waals surface area contributed by atoms with Gasteiger partial charge in [0.05, 0.1) is 29.6 Å². The van der Waals surface area contributed by atoms with Crippen LogP contribution < -0.4 is 9.62 Å². The van der Waals surface area contributed by atoms with Gasteiger partial charge in [0.25, 0.3) is 0 Å². The zero-order valence-corrected chi connectivity index (χ0v) is 17.6. The average Bonchev–Trinajstić information content (AvgIpc) is 2.66. The van der Waals surface area contributed by atoms with E-state index in [1.54, 1.807) is 6.92 Å². The van der Waals surface area contributed by atoms with E-state index in [9.17, 15) is 22.4 Å². The highest BCUT2D eigenvalue weighted by Gasteiger charge is 2.33. The van der Waals surface area contributed by atoms with Crippen molar-refractivity contribution < 1.29 is 27.1 Å². The number of anilines is 2. The highest BCUT2D eigenvalue weighted by atomic mass is 35.5. The van der Waals surface area contributed by atoms with Crippen molar-refractivity contribution in [3.05, 3.63) is 58.9 Å². The molecule has 0 spiro atoms. The second-order valence-electron chi connectivity index (χ2n) is 6.11. The maximum atomic E-state index is 14.3. The van der Waals surface area contributed by atoms with Crippen LogP contribution in [0.2, 0.25) is 5.02 Å². The van der Waals surface area contributed by atoms with Gasteiger partial charge in [-0.1, -0.05) is 30.7 Å². The van der Waals surface area contributed by atoms with E-state index in [4.69, 9.17) is 11.6 Å². The summed E-state index contributed by atoms with van der Waals surface area (Å²) in [6.45, 7) is 1.60. The molecular weight excluding hydrogens is 423 g/mol. The highest BCUT2D eigenvalue weighted by molar-refractivity contribution is 7.92. The molecule has 0 aliphatic rings. The number of hydrogen-bond acceptors (Lipinski definition) is 5. The number of sulfonamides is 1. The Hall–Kier alpha value is -2.65. The summed E-state index contributed by atoms with van der Waals surface area (Å²) in [5.74, 6) is -2.16. The van der Waals surface area contributed by atoms with Gasteiger partial charge < -0.3 is 10.1 Å². The lowest BCUT2D eigenvalue weighted by Gasteiger charge is -2.30. The summed E-state index contributed by atoms with van der Waals surface area (Å²) < 4.78 is 44.4. The number of ether oxygens (including phenoxy) is 1. The molecular formula is C19H20ClFN2O5S. The third kappa shape index (κ3) is 5.24. The van der Waals surface area contributed by atoms with Gasteiger partial charge in [-0.3, -0.25) is 9.10 Å². The minimum Gasteiger partial charge on any atom is -0.465 e. The minimum atomic E-state index is -3.98. The molecule has 0 aromatic heterocycles. The van der Waals surface area contributed by atoms with Crippen molar-refractivity contribution >= 4 is 44.9 Å². The van der Waals surface area contributed by atoms with Gasteiger partial charge in [0, 0.05) is 5.69 Å². The van der Waals surface area contributed by atoms with Crippen LogP contribution in [0.4, 0.5) is 15.8 Å². The molecule has 0 aliphatic carbocycles. The molecule has 0 heterocycles. The molecule has 2 aromatic rings. The summed E-state index contributed by atoms with van der Waals surface area (Å²) in [5.41, 5.74) is 0.0117. The van der Waals surface area contributed by atoms with Crippen molar-refractivity contribution in [3.63, 3.8) is 0 Å². The molecule has 10 heteroatoms. The number of carbonyl (C=O) groups is 2. The standard InChI is InChI=1S/C19H20ClFN2O5S/c1-4-16(23(29(3,26)27)17-8-6-5-7-15(17)21)18(24)22-12-9-10-14(20)13(11-12)19(25)28-2/h5-11,16H,4H2,1-3H3,(H,22,24)/t16-/m1/s1. The Bertz CT molecular complexity index is 1030. The first-order chi connectivity index (χ1) is 13.6. The first-order valence-electron chi connectivity index (χ1n) is 8.52. The zero-order valence-electron chi connectivity index (χ0n) is 16.0. The van der Waals surface area contributed by atoms with E-state index in [2.05, 4.69) is 10.1 Å². The molecule has 7 nitrogen and oxygen atoms in total. The maximum Gasteiger partial charge on any atom is 0.339 e. The van der Waals surface area contributed by atoms with Crippen molar-refractivity contribution in [2.24, 2.45) is 0 Å². The fraction of sp³-hybridized carbons (Fsp3) is 0.263. The van der Waals surface area contributed by atoms with E-state index in [1.807, 2.05) is 0 Å². The number of carbonyl (C=O) groups excluding carboxylic acids is 2. The molecule has 0 radical (unpaired) electrons. The first kappa shape index (κ1) is 22.6. The lowest BCUT2D eigenvalue weighted by Crippen LogP contribution is -2.47. The summed E-state index contributed by atoms with van der Waals surface area (Å²) in [6, 6.07) is 8.23. The Kier molecular flexibility index (Phi) is 7.21. The number of hydrogen-bond donors (Lipinski definition) is 1. The van der Waals surface area contributed by atoms with E-state index in [0.717, 1.165) is 16.6 Å². The molecule has 0 unspecified atom stereocenters. The van der Waals surface area contributed by atoms with Crippen molar-refractivity contribution in [2.45, 2.75) is 19.4 Å². The molecule has 0 bridgehead atoms. The predicted molar refractivity (Wildman–Crippen MR) is 109 cm³/mol. The van der Waals surface area contributed by atoms with E-state index in [-0.39, 0.29) is 28.4 Å². The summed E-state index contributed by atoms with van der Waals surface area (Å²) in [5, 5.41) is 2.68. The predicted octanol–water partition coefficient (Wildman–Crippen LogP) is 3.45. The molecule has 0 fully saturated rings. The zero-order chi connectivity index (χ0) is 21.8. The summed E-state index contributed by atoms with van der Waals surface area (Å²) in [4.78, 5) is 24.6. The lowest BCUT2D eigenvalue weighted by molar-refractivity contribution is -0.117. The molecule has 1 N–H and O–H groups in total. The lowest BCUT2D eigenvalue weighted by atomic mass is 10.1. The van der Waals surface area contributed by atoms with Gasteiger partial charge in [0.1, 0.15) is 11.9 Å². The van der Waals surface area contributed by atoms with Crippen molar-refractivity contribution in [1.82, 2.24) is 0 Å². The van der Waals surface area contributed by atoms with Gasteiger partial charge >= 0.3 is 5.97 Å². The van der Waals surface area contributed by atoms with Gasteiger partial charge in [-0.15, -0.1) is 0 Å². The second-order valence-corrected chi connectivity index (χ2v) is 8.38. The Balaban J connectivity index is 2.41. The first-order valence-corrected chi connectivity index (χ1v) is 10.8. The number of benzene rings is 2. The van der Waals surface area contributed by atoms with E-state index in [0.29, 0.717) is 0 Å². The van der Waals surface area contributed by atoms with Crippen LogP contribution in [0.1, 0.15) is 23.7 Å². The van der Waals surface area contributed by atoms with Crippen LogP contribution in [0.5, 0.6) is 0 Å². The number of amides is 1. The number of nitrogens with one attached hydrogen (secondary N) is 1. The number of para-hydroxylation sites is 1. The average molecular weight is 443 g/mol. The molecule has 29 heavy (non-hydrogen) atoms. The second kappa shape index (κ2) is 9.23. The number of nitrogens with zero attached hydrogens (tertiary/aromatic N) is 1. The van der Waals surface area contributed by atoms with Gasteiger partial charge in [0.2, 0.25) is 15.9 Å². The Morgan fingerprint density at radius 2 is 1.90 bits per heavy atom. The quantitative estimate of drug-likeness (QED) is 0.663. The minimum absolute atomic E-state index is 0.0362. The van der Waals surface area contributed by atoms with Crippen LogP contribution >= 0.6 is 11.6 Å². The fourth-order valence-electron chi connectivity index (χ4n) is 2.76. The van der Waals surface area contributed by atoms with E-state index >= 15 is 0 Å². The summed E-state index contributed by atoms with van der Waals surface area (Å²) >= 11 is 5.96. The van der Waals surface area contributed by atoms with Crippen LogP contribution in [0, 0.1) is 5.82 Å². The van der Waals surface area contributed by atoms with Crippen LogP contribution in [-0.4, -0.2) is 39.7 Å². The normalized spacial score (nSPS) is 12.2. The largest absolute Gasteiger partial charge is 0.465 e. The molecule has 0 saturated heterocycles. The Morgan fingerprint density at radius 3 is 2.45 bits per heavy atom.